The Labute approximate surface area is 181 Å². The third-order valence-corrected chi connectivity index (χ3v) is 5.25. The van der Waals surface area contributed by atoms with Gasteiger partial charge in [-0.05, 0) is 27.5 Å². The highest BCUT2D eigenvalue weighted by Crippen LogP contribution is 2.22. The van der Waals surface area contributed by atoms with Gasteiger partial charge in [0.1, 0.15) is 0 Å². The minimum absolute atomic E-state index is 0.0697. The Morgan fingerprint density at radius 3 is 1.90 bits per heavy atom. The first-order chi connectivity index (χ1) is 15.2. The van der Waals surface area contributed by atoms with Crippen molar-refractivity contribution in [3.63, 3.8) is 0 Å². The van der Waals surface area contributed by atoms with Gasteiger partial charge in [0.2, 0.25) is 11.8 Å². The van der Waals surface area contributed by atoms with Gasteiger partial charge < -0.3 is 10.6 Å². The van der Waals surface area contributed by atoms with Gasteiger partial charge in [0.25, 0.3) is 0 Å². The predicted octanol–water partition coefficient (Wildman–Crippen LogP) is 4.40. The molecule has 0 saturated carbocycles. The standard InChI is InChI=1S/C27H24N2O2/c30-25(18-23-16-9-15-20-10-7-8-17-24(20)23)28-19-26(31)29-27(21-11-3-1-4-12-21)22-13-5-2-6-14-22/h1-17,27H,18-19H2,(H,28,30)(H,29,31). The maximum atomic E-state index is 12.6. The molecular weight excluding hydrogens is 384 g/mol. The fourth-order valence-electron chi connectivity index (χ4n) is 3.72. The lowest BCUT2D eigenvalue weighted by Crippen LogP contribution is -2.39. The van der Waals surface area contributed by atoms with E-state index < -0.39 is 0 Å². The second-order valence-electron chi connectivity index (χ2n) is 7.41. The Kier molecular flexibility index (Phi) is 6.38. The van der Waals surface area contributed by atoms with Crippen LogP contribution in [0.15, 0.2) is 103 Å². The highest BCUT2D eigenvalue weighted by Gasteiger charge is 2.17. The molecule has 0 aliphatic carbocycles. The number of carbonyl (C=O) groups excluding carboxylic acids is 2. The van der Waals surface area contributed by atoms with Crippen LogP contribution in [0.25, 0.3) is 10.8 Å². The van der Waals surface area contributed by atoms with Gasteiger partial charge in [-0.25, -0.2) is 0 Å². The molecule has 4 nitrogen and oxygen atoms in total. The van der Waals surface area contributed by atoms with E-state index in [0.29, 0.717) is 0 Å². The second-order valence-corrected chi connectivity index (χ2v) is 7.41. The SMILES string of the molecule is O=C(Cc1cccc2ccccc12)NCC(=O)NC(c1ccccc1)c1ccccc1. The molecule has 0 aliphatic heterocycles. The van der Waals surface area contributed by atoms with Crippen LogP contribution in [-0.4, -0.2) is 18.4 Å². The third kappa shape index (κ3) is 5.17. The van der Waals surface area contributed by atoms with E-state index in [1.807, 2.05) is 103 Å². The van der Waals surface area contributed by atoms with Gasteiger partial charge in [-0.15, -0.1) is 0 Å². The van der Waals surface area contributed by atoms with E-state index in [4.69, 9.17) is 0 Å². The summed E-state index contributed by atoms with van der Waals surface area (Å²) in [6, 6.07) is 33.2. The number of fused-ring (bicyclic) bond motifs is 1. The number of hydrogen-bond acceptors (Lipinski definition) is 2. The van der Waals surface area contributed by atoms with Gasteiger partial charge in [0.15, 0.2) is 0 Å². The lowest BCUT2D eigenvalue weighted by molar-refractivity contribution is -0.126. The van der Waals surface area contributed by atoms with Gasteiger partial charge in [-0.2, -0.15) is 0 Å². The fourth-order valence-corrected chi connectivity index (χ4v) is 3.72. The molecule has 0 saturated heterocycles. The average molecular weight is 409 g/mol. The van der Waals surface area contributed by atoms with Crippen molar-refractivity contribution in [2.45, 2.75) is 12.5 Å². The molecule has 0 aliphatic rings. The summed E-state index contributed by atoms with van der Waals surface area (Å²) >= 11 is 0. The lowest BCUT2D eigenvalue weighted by atomic mass is 9.99. The van der Waals surface area contributed by atoms with Crippen LogP contribution in [0.1, 0.15) is 22.7 Å². The summed E-state index contributed by atoms with van der Waals surface area (Å²) in [5.74, 6) is -0.411. The van der Waals surface area contributed by atoms with Crippen molar-refractivity contribution in [3.8, 4) is 0 Å². The van der Waals surface area contributed by atoms with Crippen LogP contribution in [0.4, 0.5) is 0 Å². The molecule has 4 rings (SSSR count). The first-order valence-corrected chi connectivity index (χ1v) is 10.3. The van der Waals surface area contributed by atoms with E-state index in [1.165, 1.54) is 0 Å². The summed E-state index contributed by atoms with van der Waals surface area (Å²) in [4.78, 5) is 25.1. The smallest absolute Gasteiger partial charge is 0.240 e. The minimum Gasteiger partial charge on any atom is -0.347 e. The van der Waals surface area contributed by atoms with Gasteiger partial charge in [0, 0.05) is 0 Å². The molecule has 0 radical (unpaired) electrons. The van der Waals surface area contributed by atoms with E-state index in [9.17, 15) is 9.59 Å². The minimum atomic E-state index is -0.273. The number of hydrogen-bond donors (Lipinski definition) is 2. The van der Waals surface area contributed by atoms with Crippen molar-refractivity contribution in [1.29, 1.82) is 0 Å². The average Bonchev–Trinajstić information content (AvgIpc) is 2.82. The van der Waals surface area contributed by atoms with E-state index >= 15 is 0 Å². The third-order valence-electron chi connectivity index (χ3n) is 5.25. The zero-order chi connectivity index (χ0) is 21.5. The lowest BCUT2D eigenvalue weighted by Gasteiger charge is -2.20. The number of amides is 2. The molecule has 4 heteroatoms. The molecule has 0 aromatic heterocycles. The van der Waals surface area contributed by atoms with Crippen LogP contribution in [0, 0.1) is 0 Å². The largest absolute Gasteiger partial charge is 0.347 e. The van der Waals surface area contributed by atoms with Crippen LogP contribution in [-0.2, 0) is 16.0 Å². The zero-order valence-corrected chi connectivity index (χ0v) is 17.1. The van der Waals surface area contributed by atoms with E-state index in [-0.39, 0.29) is 30.8 Å². The first kappa shape index (κ1) is 20.4. The Morgan fingerprint density at radius 2 is 1.23 bits per heavy atom. The number of carbonyl (C=O) groups is 2. The fraction of sp³-hybridized carbons (Fsp3) is 0.111. The molecule has 0 heterocycles. The van der Waals surface area contributed by atoms with Crippen LogP contribution in [0.5, 0.6) is 0 Å². The van der Waals surface area contributed by atoms with Gasteiger partial charge in [-0.1, -0.05) is 103 Å². The molecule has 2 amide bonds. The number of benzene rings is 4. The highest BCUT2D eigenvalue weighted by molar-refractivity contribution is 5.91. The quantitative estimate of drug-likeness (QED) is 0.476. The van der Waals surface area contributed by atoms with Gasteiger partial charge >= 0.3 is 0 Å². The number of rotatable bonds is 7. The zero-order valence-electron chi connectivity index (χ0n) is 17.1. The molecule has 4 aromatic carbocycles. The number of nitrogens with one attached hydrogen (secondary N) is 2. The van der Waals surface area contributed by atoms with Crippen molar-refractivity contribution in [2.24, 2.45) is 0 Å². The molecule has 154 valence electrons. The molecule has 0 unspecified atom stereocenters. The Balaban J connectivity index is 1.40. The van der Waals surface area contributed by atoms with E-state index in [0.717, 1.165) is 27.5 Å². The molecule has 0 bridgehead atoms. The molecule has 0 spiro atoms. The second kappa shape index (κ2) is 9.72. The van der Waals surface area contributed by atoms with Gasteiger partial charge in [0.05, 0.1) is 19.0 Å². The predicted molar refractivity (Wildman–Crippen MR) is 124 cm³/mol. The molecule has 31 heavy (non-hydrogen) atoms. The van der Waals surface area contributed by atoms with Gasteiger partial charge in [-0.3, -0.25) is 9.59 Å². The van der Waals surface area contributed by atoms with Crippen molar-refractivity contribution >= 4 is 22.6 Å². The van der Waals surface area contributed by atoms with Crippen molar-refractivity contribution in [1.82, 2.24) is 10.6 Å². The van der Waals surface area contributed by atoms with Crippen LogP contribution in [0.3, 0.4) is 0 Å². The van der Waals surface area contributed by atoms with Crippen molar-refractivity contribution in [2.75, 3.05) is 6.54 Å². The van der Waals surface area contributed by atoms with Crippen LogP contribution < -0.4 is 10.6 Å². The van der Waals surface area contributed by atoms with Crippen molar-refractivity contribution < 1.29 is 9.59 Å². The molecule has 2 N–H and O–H groups in total. The monoisotopic (exact) mass is 408 g/mol. The van der Waals surface area contributed by atoms with E-state index in [2.05, 4.69) is 10.6 Å². The Bertz CT molecular complexity index is 1130. The summed E-state index contributed by atoms with van der Waals surface area (Å²) in [7, 11) is 0. The normalized spacial score (nSPS) is 10.7. The summed E-state index contributed by atoms with van der Waals surface area (Å²) in [6.45, 7) is -0.0697. The first-order valence-electron chi connectivity index (χ1n) is 10.3. The van der Waals surface area contributed by atoms with Crippen LogP contribution in [0.2, 0.25) is 0 Å². The maximum Gasteiger partial charge on any atom is 0.240 e. The molecule has 0 fully saturated rings. The van der Waals surface area contributed by atoms with E-state index in [1.54, 1.807) is 0 Å². The Morgan fingerprint density at radius 1 is 0.645 bits per heavy atom. The summed E-state index contributed by atoms with van der Waals surface area (Å²) in [5, 5.41) is 7.95. The molecule has 4 aromatic rings. The summed E-state index contributed by atoms with van der Waals surface area (Å²) < 4.78 is 0. The topological polar surface area (TPSA) is 58.2 Å². The van der Waals surface area contributed by atoms with Crippen LogP contribution >= 0.6 is 0 Å². The molecular formula is C27H24N2O2. The van der Waals surface area contributed by atoms with Crippen molar-refractivity contribution in [3.05, 3.63) is 120 Å². The highest BCUT2D eigenvalue weighted by atomic mass is 16.2. The summed E-state index contributed by atoms with van der Waals surface area (Å²) in [6.07, 6.45) is 0.232. The maximum absolute atomic E-state index is 12.6. The summed E-state index contributed by atoms with van der Waals surface area (Å²) in [5.41, 5.74) is 2.93. The molecule has 0 atom stereocenters. The Hall–Kier alpha value is -3.92.